The smallest absolute Gasteiger partial charge is 0.209 e. The maximum atomic E-state index is 11.1. The summed E-state index contributed by atoms with van der Waals surface area (Å²) in [5, 5.41) is 13.2. The second-order valence-electron chi connectivity index (χ2n) is 5.76. The number of nitrogens with two attached hydrogens (primary N) is 1. The molecule has 0 unspecified atom stereocenters. The molecule has 1 aromatic rings. The molecule has 0 saturated heterocycles. The Labute approximate surface area is 163 Å². The number of unbranched alkanes of at least 4 members (excludes halogenated alkanes) is 3. The standard InChI is InChI=1S/C16H29N3O3S.2ClH/c1-23(21,22)19-13-15-12-14(6-7-16(15)20)8-11-18-10-5-3-2-4-9-17;;/h6-7,12,18-20H,2-5,8-11,13,17H2,1H3;2*1H. The van der Waals surface area contributed by atoms with Crippen molar-refractivity contribution in [1.82, 2.24) is 10.0 Å². The van der Waals surface area contributed by atoms with Gasteiger partial charge < -0.3 is 16.2 Å². The summed E-state index contributed by atoms with van der Waals surface area (Å²) in [4.78, 5) is 0. The third kappa shape index (κ3) is 13.3. The van der Waals surface area contributed by atoms with E-state index < -0.39 is 10.0 Å². The first-order valence-electron chi connectivity index (χ1n) is 8.08. The van der Waals surface area contributed by atoms with Gasteiger partial charge in [0, 0.05) is 12.1 Å². The number of nitrogens with one attached hydrogen (secondary N) is 2. The third-order valence-corrected chi connectivity index (χ3v) is 4.24. The quantitative estimate of drug-likeness (QED) is 0.390. The lowest BCUT2D eigenvalue weighted by atomic mass is 10.1. The summed E-state index contributed by atoms with van der Waals surface area (Å²) in [5.41, 5.74) is 7.12. The van der Waals surface area contributed by atoms with Gasteiger partial charge >= 0.3 is 0 Å². The predicted molar refractivity (Wildman–Crippen MR) is 108 cm³/mol. The Bertz CT molecular complexity index is 572. The van der Waals surface area contributed by atoms with Crippen molar-refractivity contribution in [2.75, 3.05) is 25.9 Å². The molecule has 0 bridgehead atoms. The lowest BCUT2D eigenvalue weighted by Crippen LogP contribution is -2.21. The molecule has 0 fully saturated rings. The van der Waals surface area contributed by atoms with E-state index >= 15 is 0 Å². The third-order valence-electron chi connectivity index (χ3n) is 3.57. The zero-order valence-corrected chi connectivity index (χ0v) is 17.1. The van der Waals surface area contributed by atoms with Crippen LogP contribution in [0.1, 0.15) is 36.8 Å². The molecule has 148 valence electrons. The van der Waals surface area contributed by atoms with Gasteiger partial charge in [-0.15, -0.1) is 24.8 Å². The van der Waals surface area contributed by atoms with Gasteiger partial charge in [0.25, 0.3) is 0 Å². The highest BCUT2D eigenvalue weighted by Gasteiger charge is 2.06. The van der Waals surface area contributed by atoms with E-state index in [2.05, 4.69) is 10.0 Å². The fraction of sp³-hybridized carbons (Fsp3) is 0.625. The second-order valence-corrected chi connectivity index (χ2v) is 7.59. The van der Waals surface area contributed by atoms with Gasteiger partial charge in [-0.05, 0) is 50.5 Å². The molecular weight excluding hydrogens is 385 g/mol. The van der Waals surface area contributed by atoms with Crippen molar-refractivity contribution >= 4 is 34.8 Å². The van der Waals surface area contributed by atoms with Gasteiger partial charge in [-0.1, -0.05) is 25.0 Å². The highest BCUT2D eigenvalue weighted by atomic mass is 35.5. The number of aromatic hydroxyl groups is 1. The Morgan fingerprint density at radius 3 is 2.40 bits per heavy atom. The van der Waals surface area contributed by atoms with Gasteiger partial charge in [0.1, 0.15) is 5.75 Å². The first kappa shape index (κ1) is 26.7. The van der Waals surface area contributed by atoms with E-state index in [4.69, 9.17) is 5.73 Å². The highest BCUT2D eigenvalue weighted by Crippen LogP contribution is 2.18. The first-order valence-corrected chi connectivity index (χ1v) is 9.97. The van der Waals surface area contributed by atoms with Crippen molar-refractivity contribution < 1.29 is 13.5 Å². The maximum Gasteiger partial charge on any atom is 0.209 e. The molecule has 0 amide bonds. The van der Waals surface area contributed by atoms with E-state index in [1.54, 1.807) is 6.07 Å². The number of halogens is 2. The Morgan fingerprint density at radius 1 is 1.08 bits per heavy atom. The van der Waals surface area contributed by atoms with Crippen LogP contribution in [0.3, 0.4) is 0 Å². The molecule has 0 atom stereocenters. The normalized spacial score (nSPS) is 10.8. The van der Waals surface area contributed by atoms with Crippen LogP contribution < -0.4 is 15.8 Å². The van der Waals surface area contributed by atoms with E-state index in [-0.39, 0.29) is 37.1 Å². The summed E-state index contributed by atoms with van der Waals surface area (Å²) in [6, 6.07) is 5.32. The van der Waals surface area contributed by atoms with Gasteiger partial charge in [0.15, 0.2) is 0 Å². The first-order chi connectivity index (χ1) is 10.9. The van der Waals surface area contributed by atoms with Crippen LogP contribution in [-0.4, -0.2) is 39.4 Å². The van der Waals surface area contributed by atoms with E-state index in [1.165, 1.54) is 12.8 Å². The Balaban J connectivity index is 0. The monoisotopic (exact) mass is 415 g/mol. The summed E-state index contributed by atoms with van der Waals surface area (Å²) in [6.45, 7) is 2.73. The minimum absolute atomic E-state index is 0. The van der Waals surface area contributed by atoms with Crippen molar-refractivity contribution in [3.05, 3.63) is 29.3 Å². The Kier molecular flexibility index (Phi) is 15.6. The second kappa shape index (κ2) is 14.6. The molecule has 0 aliphatic carbocycles. The van der Waals surface area contributed by atoms with Gasteiger partial charge in [-0.25, -0.2) is 13.1 Å². The summed E-state index contributed by atoms with van der Waals surface area (Å²) >= 11 is 0. The van der Waals surface area contributed by atoms with E-state index in [1.807, 2.05) is 12.1 Å². The lowest BCUT2D eigenvalue weighted by Gasteiger charge is -2.09. The van der Waals surface area contributed by atoms with Gasteiger partial charge in [0.05, 0.1) is 6.26 Å². The number of hydrogen-bond acceptors (Lipinski definition) is 5. The zero-order chi connectivity index (χ0) is 17.1. The van der Waals surface area contributed by atoms with E-state index in [0.29, 0.717) is 5.56 Å². The van der Waals surface area contributed by atoms with Crippen molar-refractivity contribution in [2.45, 2.75) is 38.6 Å². The lowest BCUT2D eigenvalue weighted by molar-refractivity contribution is 0.466. The van der Waals surface area contributed by atoms with Crippen LogP contribution in [0.15, 0.2) is 18.2 Å². The largest absolute Gasteiger partial charge is 0.508 e. The van der Waals surface area contributed by atoms with Crippen LogP contribution in [0.2, 0.25) is 0 Å². The van der Waals surface area contributed by atoms with Crippen molar-refractivity contribution in [3.8, 4) is 5.75 Å². The molecular formula is C16H31Cl2N3O3S. The minimum atomic E-state index is -3.27. The molecule has 0 aliphatic heterocycles. The van der Waals surface area contributed by atoms with Gasteiger partial charge in [-0.3, -0.25) is 0 Å². The highest BCUT2D eigenvalue weighted by molar-refractivity contribution is 7.88. The summed E-state index contributed by atoms with van der Waals surface area (Å²) in [5.74, 6) is 0.109. The minimum Gasteiger partial charge on any atom is -0.508 e. The number of hydrogen-bond donors (Lipinski definition) is 4. The molecule has 1 rings (SSSR count). The van der Waals surface area contributed by atoms with Crippen LogP contribution in [0.4, 0.5) is 0 Å². The van der Waals surface area contributed by atoms with Crippen LogP contribution in [0.5, 0.6) is 5.75 Å². The van der Waals surface area contributed by atoms with Crippen molar-refractivity contribution in [2.24, 2.45) is 5.73 Å². The van der Waals surface area contributed by atoms with E-state index in [0.717, 1.165) is 50.7 Å². The Hall–Kier alpha value is -0.570. The summed E-state index contributed by atoms with van der Waals surface area (Å²) < 4.78 is 24.7. The molecule has 5 N–H and O–H groups in total. The zero-order valence-electron chi connectivity index (χ0n) is 14.7. The number of sulfonamides is 1. The van der Waals surface area contributed by atoms with Crippen LogP contribution in [0, 0.1) is 0 Å². The molecule has 0 heterocycles. The molecule has 0 saturated carbocycles. The van der Waals surface area contributed by atoms with Crippen LogP contribution in [0.25, 0.3) is 0 Å². The van der Waals surface area contributed by atoms with E-state index in [9.17, 15) is 13.5 Å². The maximum absolute atomic E-state index is 11.1. The molecule has 0 spiro atoms. The number of phenolic OH excluding ortho intramolecular Hbond substituents is 1. The topological polar surface area (TPSA) is 104 Å². The SMILES string of the molecule is CS(=O)(=O)NCc1cc(CCNCCCCCCN)ccc1O.Cl.Cl. The molecule has 9 heteroatoms. The number of benzene rings is 1. The molecule has 0 aromatic heterocycles. The summed E-state index contributed by atoms with van der Waals surface area (Å²) in [7, 11) is -3.27. The fourth-order valence-electron chi connectivity index (χ4n) is 2.25. The van der Waals surface area contributed by atoms with Crippen LogP contribution >= 0.6 is 24.8 Å². The van der Waals surface area contributed by atoms with Crippen molar-refractivity contribution in [3.63, 3.8) is 0 Å². The number of rotatable bonds is 12. The van der Waals surface area contributed by atoms with Crippen molar-refractivity contribution in [1.29, 1.82) is 0 Å². The molecule has 0 radical (unpaired) electrons. The van der Waals surface area contributed by atoms with Gasteiger partial charge in [0.2, 0.25) is 10.0 Å². The number of phenols is 1. The van der Waals surface area contributed by atoms with Gasteiger partial charge in [-0.2, -0.15) is 0 Å². The molecule has 25 heavy (non-hydrogen) atoms. The van der Waals surface area contributed by atoms with Crippen LogP contribution in [-0.2, 0) is 23.0 Å². The Morgan fingerprint density at radius 2 is 1.76 bits per heavy atom. The summed E-state index contributed by atoms with van der Waals surface area (Å²) in [6.07, 6.45) is 6.58. The average molecular weight is 416 g/mol. The average Bonchev–Trinajstić information content (AvgIpc) is 2.49. The molecule has 1 aromatic carbocycles. The molecule has 6 nitrogen and oxygen atoms in total. The molecule has 0 aliphatic rings. The predicted octanol–water partition coefficient (Wildman–Crippen LogP) is 1.94. The fourth-order valence-corrected chi connectivity index (χ4v) is 2.67.